The smallest absolute Gasteiger partial charge is 0.276 e. The summed E-state index contributed by atoms with van der Waals surface area (Å²) in [4.78, 5) is 23.0. The molecule has 3 aromatic rings. The monoisotopic (exact) mass is 417 g/mol. The second-order valence-corrected chi connectivity index (χ2v) is 9.49. The highest BCUT2D eigenvalue weighted by Crippen LogP contribution is 2.29. The Morgan fingerprint density at radius 2 is 1.93 bits per heavy atom. The molecule has 0 unspecified atom stereocenters. The molecule has 0 atom stereocenters. The molecule has 28 heavy (non-hydrogen) atoms. The van der Waals surface area contributed by atoms with Crippen molar-refractivity contribution in [3.63, 3.8) is 0 Å². The van der Waals surface area contributed by atoms with Crippen LogP contribution in [0.25, 0.3) is 10.2 Å². The number of nitrogens with zero attached hydrogens (tertiary/aromatic N) is 4. The minimum absolute atomic E-state index is 0.246. The normalized spacial score (nSPS) is 16.3. The van der Waals surface area contributed by atoms with E-state index < -0.39 is 10.0 Å². The number of fused-ring (bicyclic) bond motifs is 1. The van der Waals surface area contributed by atoms with Crippen molar-refractivity contribution in [1.29, 1.82) is 0 Å². The number of hydrogen-bond donors (Lipinski definition) is 1. The van der Waals surface area contributed by atoms with Crippen LogP contribution in [0.5, 0.6) is 0 Å². The van der Waals surface area contributed by atoms with E-state index in [2.05, 4.69) is 20.2 Å². The Bertz CT molecular complexity index is 1110. The van der Waals surface area contributed by atoms with E-state index in [0.717, 1.165) is 0 Å². The Labute approximate surface area is 166 Å². The van der Waals surface area contributed by atoms with E-state index in [1.807, 2.05) is 7.05 Å². The maximum absolute atomic E-state index is 12.9. The average molecular weight is 418 g/mol. The zero-order valence-corrected chi connectivity index (χ0v) is 16.8. The number of likely N-dealkylation sites (N-methyl/N-ethyl adjacent to an activating group) is 1. The fourth-order valence-electron chi connectivity index (χ4n) is 2.95. The van der Waals surface area contributed by atoms with Crippen LogP contribution in [0.3, 0.4) is 0 Å². The number of rotatable bonds is 4. The Balaban J connectivity index is 1.57. The van der Waals surface area contributed by atoms with E-state index in [1.54, 1.807) is 42.6 Å². The van der Waals surface area contributed by atoms with Crippen LogP contribution in [0.4, 0.5) is 5.13 Å². The van der Waals surface area contributed by atoms with Gasteiger partial charge in [0.1, 0.15) is 5.69 Å². The summed E-state index contributed by atoms with van der Waals surface area (Å²) in [5.74, 6) is -0.357. The van der Waals surface area contributed by atoms with Crippen molar-refractivity contribution in [2.75, 3.05) is 38.5 Å². The van der Waals surface area contributed by atoms with Crippen molar-refractivity contribution in [3.05, 3.63) is 48.3 Å². The van der Waals surface area contributed by atoms with Crippen molar-refractivity contribution >= 4 is 42.6 Å². The highest BCUT2D eigenvalue weighted by molar-refractivity contribution is 7.89. The number of thiazole rings is 1. The van der Waals surface area contributed by atoms with E-state index in [4.69, 9.17) is 0 Å². The van der Waals surface area contributed by atoms with Crippen LogP contribution in [0.1, 0.15) is 10.5 Å². The Kier molecular flexibility index (Phi) is 5.11. The van der Waals surface area contributed by atoms with Crippen molar-refractivity contribution in [3.8, 4) is 0 Å². The minimum atomic E-state index is -3.55. The standard InChI is InChI=1S/C18H19N5O3S2/c1-22-8-10-23(11-9-22)28(25,26)13-5-6-14-16(12-13)27-18(20-14)21-17(24)15-4-2-3-7-19-15/h2-7,12H,8-11H2,1H3,(H,20,21,24). The fraction of sp³-hybridized carbons (Fsp3) is 0.278. The molecule has 1 fully saturated rings. The first-order valence-corrected chi connectivity index (χ1v) is 11.0. The van der Waals surface area contributed by atoms with Crippen molar-refractivity contribution in [1.82, 2.24) is 19.2 Å². The van der Waals surface area contributed by atoms with Gasteiger partial charge in [-0.3, -0.25) is 15.1 Å². The molecule has 0 saturated carbocycles. The summed E-state index contributed by atoms with van der Waals surface area (Å²) in [6.07, 6.45) is 1.54. The van der Waals surface area contributed by atoms with Crippen LogP contribution in [-0.4, -0.2) is 66.7 Å². The number of hydrogen-bond acceptors (Lipinski definition) is 7. The molecule has 0 aliphatic carbocycles. The van der Waals surface area contributed by atoms with Gasteiger partial charge in [0.2, 0.25) is 10.0 Å². The third kappa shape index (κ3) is 3.76. The quantitative estimate of drug-likeness (QED) is 0.696. The van der Waals surface area contributed by atoms with E-state index in [9.17, 15) is 13.2 Å². The number of benzene rings is 1. The number of carbonyl (C=O) groups excluding carboxylic acids is 1. The fourth-order valence-corrected chi connectivity index (χ4v) is 5.38. The van der Waals surface area contributed by atoms with Gasteiger partial charge < -0.3 is 4.90 Å². The zero-order valence-electron chi connectivity index (χ0n) is 15.2. The number of anilines is 1. The lowest BCUT2D eigenvalue weighted by molar-refractivity contribution is 0.102. The van der Waals surface area contributed by atoms with Crippen molar-refractivity contribution in [2.45, 2.75) is 4.90 Å². The van der Waals surface area contributed by atoms with Gasteiger partial charge in [0.25, 0.3) is 5.91 Å². The molecule has 1 amide bonds. The van der Waals surface area contributed by atoms with Gasteiger partial charge in [-0.25, -0.2) is 13.4 Å². The van der Waals surface area contributed by atoms with E-state index in [1.165, 1.54) is 15.6 Å². The summed E-state index contributed by atoms with van der Waals surface area (Å²) in [7, 11) is -1.57. The number of pyridine rings is 1. The Morgan fingerprint density at radius 3 is 2.64 bits per heavy atom. The van der Waals surface area contributed by atoms with E-state index >= 15 is 0 Å². The molecule has 0 bridgehead atoms. The molecule has 1 N–H and O–H groups in total. The van der Waals surface area contributed by atoms with E-state index in [-0.39, 0.29) is 10.8 Å². The number of amides is 1. The predicted molar refractivity (Wildman–Crippen MR) is 108 cm³/mol. The minimum Gasteiger partial charge on any atom is -0.304 e. The topological polar surface area (TPSA) is 95.5 Å². The number of nitrogens with one attached hydrogen (secondary N) is 1. The molecule has 1 aromatic carbocycles. The van der Waals surface area contributed by atoms with Gasteiger partial charge in [0, 0.05) is 32.4 Å². The largest absolute Gasteiger partial charge is 0.304 e. The molecule has 2 aromatic heterocycles. The second kappa shape index (κ2) is 7.55. The summed E-state index contributed by atoms with van der Waals surface area (Å²) < 4.78 is 28.1. The lowest BCUT2D eigenvalue weighted by Gasteiger charge is -2.31. The molecule has 8 nitrogen and oxygen atoms in total. The highest BCUT2D eigenvalue weighted by Gasteiger charge is 2.27. The molecule has 4 rings (SSSR count). The van der Waals surface area contributed by atoms with Gasteiger partial charge in [-0.1, -0.05) is 17.4 Å². The Hall–Kier alpha value is -2.40. The van der Waals surface area contributed by atoms with Crippen LogP contribution in [0.2, 0.25) is 0 Å². The van der Waals surface area contributed by atoms with Gasteiger partial charge in [-0.2, -0.15) is 4.31 Å². The molecule has 0 spiro atoms. The van der Waals surface area contributed by atoms with Crippen LogP contribution >= 0.6 is 11.3 Å². The van der Waals surface area contributed by atoms with Crippen LogP contribution in [-0.2, 0) is 10.0 Å². The first kappa shape index (κ1) is 18.9. The third-order valence-corrected chi connectivity index (χ3v) is 7.41. The molecule has 1 aliphatic heterocycles. The van der Waals surface area contributed by atoms with Gasteiger partial charge in [0.15, 0.2) is 5.13 Å². The highest BCUT2D eigenvalue weighted by atomic mass is 32.2. The number of sulfonamides is 1. The molecule has 1 saturated heterocycles. The van der Waals surface area contributed by atoms with Gasteiger partial charge in [-0.05, 0) is 37.4 Å². The Morgan fingerprint density at radius 1 is 1.14 bits per heavy atom. The zero-order chi connectivity index (χ0) is 19.7. The lowest BCUT2D eigenvalue weighted by atomic mass is 10.3. The summed E-state index contributed by atoms with van der Waals surface area (Å²) in [6, 6.07) is 9.94. The third-order valence-electron chi connectivity index (χ3n) is 4.58. The number of aromatic nitrogens is 2. The predicted octanol–water partition coefficient (Wildman–Crippen LogP) is 1.88. The van der Waals surface area contributed by atoms with Crippen LogP contribution in [0.15, 0.2) is 47.5 Å². The molecule has 146 valence electrons. The van der Waals surface area contributed by atoms with Crippen molar-refractivity contribution < 1.29 is 13.2 Å². The summed E-state index contributed by atoms with van der Waals surface area (Å²) in [5, 5.41) is 3.12. The molecule has 10 heteroatoms. The lowest BCUT2D eigenvalue weighted by Crippen LogP contribution is -2.46. The molecular weight excluding hydrogens is 398 g/mol. The molecule has 1 aliphatic rings. The van der Waals surface area contributed by atoms with Crippen LogP contribution in [0, 0.1) is 0 Å². The molecule has 3 heterocycles. The maximum Gasteiger partial charge on any atom is 0.276 e. The van der Waals surface area contributed by atoms with Gasteiger partial charge >= 0.3 is 0 Å². The molecule has 0 radical (unpaired) electrons. The number of carbonyl (C=O) groups is 1. The van der Waals surface area contributed by atoms with Crippen LogP contribution < -0.4 is 5.32 Å². The van der Waals surface area contributed by atoms with Crippen molar-refractivity contribution in [2.24, 2.45) is 0 Å². The number of piperazine rings is 1. The van der Waals surface area contributed by atoms with Gasteiger partial charge in [-0.15, -0.1) is 0 Å². The summed E-state index contributed by atoms with van der Waals surface area (Å²) in [5.41, 5.74) is 0.929. The maximum atomic E-state index is 12.9. The van der Waals surface area contributed by atoms with Gasteiger partial charge in [0.05, 0.1) is 15.1 Å². The summed E-state index contributed by atoms with van der Waals surface area (Å²) >= 11 is 1.24. The summed E-state index contributed by atoms with van der Waals surface area (Å²) in [6.45, 7) is 2.38. The second-order valence-electron chi connectivity index (χ2n) is 6.53. The average Bonchev–Trinajstić information content (AvgIpc) is 3.10. The first-order valence-electron chi connectivity index (χ1n) is 8.75. The SMILES string of the molecule is CN1CCN(S(=O)(=O)c2ccc3nc(NC(=O)c4ccccn4)sc3c2)CC1. The molecular formula is C18H19N5O3S2. The van der Waals surface area contributed by atoms with E-state index in [0.29, 0.717) is 47.2 Å². The first-order chi connectivity index (χ1) is 13.4.